The zero-order chi connectivity index (χ0) is 37.4. The molecule has 51 heavy (non-hydrogen) atoms. The summed E-state index contributed by atoms with van der Waals surface area (Å²) < 4.78 is 15.6. The zero-order valence-corrected chi connectivity index (χ0v) is 30.5. The van der Waals surface area contributed by atoms with Gasteiger partial charge in [0, 0.05) is 23.0 Å². The summed E-state index contributed by atoms with van der Waals surface area (Å²) in [6, 6.07) is 11.5. The second-order valence-electron chi connectivity index (χ2n) is 12.3. The lowest BCUT2D eigenvalue weighted by molar-refractivity contribution is -0.145. The van der Waals surface area contributed by atoms with Crippen molar-refractivity contribution in [2.24, 2.45) is 0 Å². The molecule has 0 spiro atoms. The third-order valence-corrected chi connectivity index (χ3v) is 7.69. The summed E-state index contributed by atoms with van der Waals surface area (Å²) in [6.07, 6.45) is -0.851. The number of nitrogens with zero attached hydrogens (tertiary/aromatic N) is 4. The van der Waals surface area contributed by atoms with Crippen molar-refractivity contribution in [1.82, 2.24) is 36.2 Å². The lowest BCUT2D eigenvalue weighted by atomic mass is 10.1. The summed E-state index contributed by atoms with van der Waals surface area (Å²) in [5.74, 6) is -1.85. The predicted molar refractivity (Wildman–Crippen MR) is 187 cm³/mol. The van der Waals surface area contributed by atoms with Crippen molar-refractivity contribution in [2.75, 3.05) is 13.2 Å². The van der Waals surface area contributed by atoms with Crippen LogP contribution >= 0.6 is 23.2 Å². The van der Waals surface area contributed by atoms with Gasteiger partial charge in [0.15, 0.2) is 11.6 Å². The summed E-state index contributed by atoms with van der Waals surface area (Å²) >= 11 is 12.5. The molecular formula is C34H43Cl2N7O8. The molecule has 276 valence electrons. The van der Waals surface area contributed by atoms with E-state index in [2.05, 4.69) is 31.4 Å². The van der Waals surface area contributed by atoms with Crippen LogP contribution in [0.1, 0.15) is 70.3 Å². The number of esters is 1. The second kappa shape index (κ2) is 20.2. The van der Waals surface area contributed by atoms with Crippen molar-refractivity contribution < 1.29 is 38.2 Å². The van der Waals surface area contributed by atoms with Crippen molar-refractivity contribution in [2.45, 2.75) is 90.6 Å². The first-order chi connectivity index (χ1) is 24.2. The average Bonchev–Trinajstić information content (AvgIpc) is 3.50. The number of tetrazole rings is 1. The molecule has 1 heterocycles. The van der Waals surface area contributed by atoms with Crippen LogP contribution in [0.2, 0.25) is 10.0 Å². The molecule has 0 fully saturated rings. The first-order valence-corrected chi connectivity index (χ1v) is 17.1. The molecular weight excluding hydrogens is 705 g/mol. The highest BCUT2D eigenvalue weighted by Gasteiger charge is 2.30. The minimum atomic E-state index is -1.36. The van der Waals surface area contributed by atoms with E-state index in [4.69, 9.17) is 37.4 Å². The number of carbonyl (C=O) groups is 5. The van der Waals surface area contributed by atoms with Gasteiger partial charge in [0.2, 0.25) is 5.91 Å². The maximum Gasteiger partial charge on any atom is 0.408 e. The van der Waals surface area contributed by atoms with Crippen molar-refractivity contribution in [3.8, 4) is 0 Å². The maximum atomic E-state index is 13.6. The van der Waals surface area contributed by atoms with Crippen LogP contribution in [0.25, 0.3) is 0 Å². The molecule has 0 radical (unpaired) electrons. The molecule has 1 aromatic heterocycles. The second-order valence-corrected chi connectivity index (χ2v) is 13.1. The molecule has 0 bridgehead atoms. The monoisotopic (exact) mass is 747 g/mol. The fourth-order valence-corrected chi connectivity index (χ4v) is 5.11. The number of Topliss-reactive ketones (excluding diaryl/α,β-unsaturated/α-hetero) is 1. The quantitative estimate of drug-likeness (QED) is 0.0938. The van der Waals surface area contributed by atoms with E-state index in [9.17, 15) is 24.0 Å². The summed E-state index contributed by atoms with van der Waals surface area (Å²) in [6.45, 7) is 6.67. The number of ketones is 1. The Morgan fingerprint density at radius 1 is 0.882 bits per heavy atom. The molecule has 0 aliphatic carbocycles. The SMILES string of the molecule is CCOC(=O)CC(NC(=O)[C@H](CCCCNC(=O)OC(C)(C)C)NC(=O)OCc1ccccc1)C(=O)Cn1nnc(Cc2c(Cl)cccc2Cl)n1. The van der Waals surface area contributed by atoms with Gasteiger partial charge in [-0.25, -0.2) is 9.59 Å². The zero-order valence-electron chi connectivity index (χ0n) is 28.9. The Balaban J connectivity index is 1.69. The number of nitrogens with one attached hydrogen (secondary N) is 3. The van der Waals surface area contributed by atoms with E-state index in [1.807, 2.05) is 6.07 Å². The third-order valence-electron chi connectivity index (χ3n) is 6.98. The van der Waals surface area contributed by atoms with Crippen LogP contribution in [0.3, 0.4) is 0 Å². The summed E-state index contributed by atoms with van der Waals surface area (Å²) in [5.41, 5.74) is 0.661. The highest BCUT2D eigenvalue weighted by molar-refractivity contribution is 6.36. The number of hydrogen-bond acceptors (Lipinski definition) is 11. The number of rotatable bonds is 18. The first kappa shape index (κ1) is 40.7. The molecule has 1 unspecified atom stereocenters. The van der Waals surface area contributed by atoms with Crippen LogP contribution < -0.4 is 16.0 Å². The fraction of sp³-hybridized carbons (Fsp3) is 0.471. The fourth-order valence-electron chi connectivity index (χ4n) is 4.58. The van der Waals surface area contributed by atoms with Crippen molar-refractivity contribution in [1.29, 1.82) is 0 Å². The highest BCUT2D eigenvalue weighted by Crippen LogP contribution is 2.25. The van der Waals surface area contributed by atoms with Gasteiger partial charge in [0.25, 0.3) is 0 Å². The summed E-state index contributed by atoms with van der Waals surface area (Å²) in [5, 5.41) is 20.7. The largest absolute Gasteiger partial charge is 0.466 e. The minimum absolute atomic E-state index is 0.0413. The molecule has 3 N–H and O–H groups in total. The summed E-state index contributed by atoms with van der Waals surface area (Å²) in [7, 11) is 0. The number of unbranched alkanes of at least 4 members (excludes halogenated alkanes) is 1. The van der Waals surface area contributed by atoms with Crippen LogP contribution in [0.4, 0.5) is 9.59 Å². The van der Waals surface area contributed by atoms with E-state index in [1.54, 1.807) is 70.2 Å². The Bertz CT molecular complexity index is 1610. The molecule has 0 aliphatic rings. The number of benzene rings is 2. The molecule has 0 aliphatic heterocycles. The lowest BCUT2D eigenvalue weighted by Gasteiger charge is -2.22. The Morgan fingerprint density at radius 3 is 2.25 bits per heavy atom. The molecule has 17 heteroatoms. The molecule has 3 amide bonds. The number of amides is 3. The van der Waals surface area contributed by atoms with E-state index in [0.29, 0.717) is 28.5 Å². The van der Waals surface area contributed by atoms with Gasteiger partial charge < -0.3 is 30.2 Å². The summed E-state index contributed by atoms with van der Waals surface area (Å²) in [4.78, 5) is 65.4. The number of halogens is 2. The average molecular weight is 749 g/mol. The van der Waals surface area contributed by atoms with Gasteiger partial charge in [-0.1, -0.05) is 59.6 Å². The number of aromatic nitrogens is 4. The Morgan fingerprint density at radius 2 is 1.59 bits per heavy atom. The minimum Gasteiger partial charge on any atom is -0.466 e. The number of ether oxygens (including phenoxy) is 3. The van der Waals surface area contributed by atoms with Gasteiger partial charge in [0.1, 0.15) is 30.8 Å². The number of carbonyl (C=O) groups excluding carboxylic acids is 5. The van der Waals surface area contributed by atoms with Gasteiger partial charge in [-0.15, -0.1) is 10.2 Å². The van der Waals surface area contributed by atoms with E-state index in [-0.39, 0.29) is 38.4 Å². The Kier molecular flexibility index (Phi) is 16.1. The third kappa shape index (κ3) is 14.9. The number of hydrogen-bond donors (Lipinski definition) is 3. The molecule has 2 atom stereocenters. The Labute approximate surface area is 306 Å². The van der Waals surface area contributed by atoms with Crippen molar-refractivity contribution in [3.05, 3.63) is 75.5 Å². The van der Waals surface area contributed by atoms with Crippen LogP contribution in [0.5, 0.6) is 0 Å². The maximum absolute atomic E-state index is 13.6. The molecule has 2 aromatic carbocycles. The molecule has 0 saturated heterocycles. The van der Waals surface area contributed by atoms with Gasteiger partial charge in [0.05, 0.1) is 13.0 Å². The van der Waals surface area contributed by atoms with Gasteiger partial charge in [-0.05, 0) is 75.4 Å². The Hall–Kier alpha value is -4.76. The van der Waals surface area contributed by atoms with E-state index < -0.39 is 60.5 Å². The smallest absolute Gasteiger partial charge is 0.408 e. The van der Waals surface area contributed by atoms with Crippen LogP contribution in [-0.4, -0.2) is 80.9 Å². The van der Waals surface area contributed by atoms with E-state index in [0.717, 1.165) is 10.4 Å². The molecule has 3 rings (SSSR count). The van der Waals surface area contributed by atoms with Gasteiger partial charge >= 0.3 is 18.2 Å². The highest BCUT2D eigenvalue weighted by atomic mass is 35.5. The first-order valence-electron chi connectivity index (χ1n) is 16.4. The standard InChI is InChI=1S/C34H43Cl2N7O8/c1-5-49-30(45)19-27(28(44)20-43-41-29(40-42-43)18-23-24(35)14-11-15-25(23)36)38-31(46)26(16-9-10-17-37-32(47)51-34(2,3)4)39-33(48)50-21-22-12-7-6-8-13-22/h6-8,11-15,26-27H,5,9-10,16-21H2,1-4H3,(H,37,47)(H,38,46)(H,39,48)/t26-,27?/m0/s1. The molecule has 3 aromatic rings. The van der Waals surface area contributed by atoms with Crippen molar-refractivity contribution >= 4 is 53.0 Å². The van der Waals surface area contributed by atoms with Crippen molar-refractivity contribution in [3.63, 3.8) is 0 Å². The molecule has 0 saturated carbocycles. The molecule has 15 nitrogen and oxygen atoms in total. The van der Waals surface area contributed by atoms with E-state index in [1.165, 1.54) is 0 Å². The van der Waals surface area contributed by atoms with Crippen LogP contribution in [0.15, 0.2) is 48.5 Å². The van der Waals surface area contributed by atoms with E-state index >= 15 is 0 Å². The predicted octanol–water partition coefficient (Wildman–Crippen LogP) is 4.57. The van der Waals surface area contributed by atoms with Gasteiger partial charge in [-0.3, -0.25) is 14.4 Å². The normalized spacial score (nSPS) is 12.3. The number of alkyl carbamates (subject to hydrolysis) is 2. The topological polar surface area (TPSA) is 193 Å². The van der Waals surface area contributed by atoms with Gasteiger partial charge in [-0.2, -0.15) is 4.80 Å². The van der Waals surface area contributed by atoms with Crippen LogP contribution in [0, 0.1) is 0 Å². The van der Waals surface area contributed by atoms with Crippen LogP contribution in [-0.2, 0) is 48.2 Å². The lowest BCUT2D eigenvalue weighted by Crippen LogP contribution is -2.52.